The van der Waals surface area contributed by atoms with Crippen LogP contribution in [0.5, 0.6) is 0 Å². The SMILES string of the molecule is CC[Si](CC)(CC)OC(CO)c1ccccc1. The summed E-state index contributed by atoms with van der Waals surface area (Å²) in [5, 5.41) is 9.53. The first kappa shape index (κ1) is 14.4. The van der Waals surface area contributed by atoms with Crippen LogP contribution in [0.1, 0.15) is 32.4 Å². The van der Waals surface area contributed by atoms with Gasteiger partial charge in [-0.1, -0.05) is 51.1 Å². The van der Waals surface area contributed by atoms with Crippen LogP contribution in [-0.2, 0) is 4.43 Å². The van der Waals surface area contributed by atoms with E-state index in [0.29, 0.717) is 0 Å². The highest BCUT2D eigenvalue weighted by Crippen LogP contribution is 2.29. The molecule has 3 heteroatoms. The molecular formula is C14H24O2Si. The molecule has 17 heavy (non-hydrogen) atoms. The average Bonchev–Trinajstić information content (AvgIpc) is 2.42. The summed E-state index contributed by atoms with van der Waals surface area (Å²) < 4.78 is 6.31. The molecule has 1 unspecified atom stereocenters. The van der Waals surface area contributed by atoms with E-state index in [1.54, 1.807) is 0 Å². The molecule has 0 aliphatic rings. The molecule has 0 aliphatic heterocycles. The molecule has 0 heterocycles. The summed E-state index contributed by atoms with van der Waals surface area (Å²) >= 11 is 0. The topological polar surface area (TPSA) is 29.5 Å². The molecule has 1 rings (SSSR count). The Morgan fingerprint density at radius 2 is 1.59 bits per heavy atom. The minimum Gasteiger partial charge on any atom is -0.408 e. The highest BCUT2D eigenvalue weighted by Gasteiger charge is 2.32. The fourth-order valence-corrected chi connectivity index (χ4v) is 4.99. The molecule has 2 nitrogen and oxygen atoms in total. The summed E-state index contributed by atoms with van der Waals surface area (Å²) in [5.74, 6) is 0. The van der Waals surface area contributed by atoms with Gasteiger partial charge in [0.05, 0.1) is 12.7 Å². The van der Waals surface area contributed by atoms with E-state index in [1.165, 1.54) is 0 Å². The van der Waals surface area contributed by atoms with E-state index < -0.39 is 8.32 Å². The first-order chi connectivity index (χ1) is 8.21. The van der Waals surface area contributed by atoms with Crippen molar-refractivity contribution in [1.82, 2.24) is 0 Å². The van der Waals surface area contributed by atoms with Gasteiger partial charge >= 0.3 is 0 Å². The molecule has 1 atom stereocenters. The molecule has 0 saturated carbocycles. The van der Waals surface area contributed by atoms with Gasteiger partial charge in [-0.3, -0.25) is 0 Å². The van der Waals surface area contributed by atoms with Gasteiger partial charge in [0.2, 0.25) is 0 Å². The van der Waals surface area contributed by atoms with Gasteiger partial charge in [-0.2, -0.15) is 0 Å². The molecular weight excluding hydrogens is 228 g/mol. The average molecular weight is 252 g/mol. The summed E-state index contributed by atoms with van der Waals surface area (Å²) in [7, 11) is -1.64. The zero-order valence-electron chi connectivity index (χ0n) is 11.1. The molecule has 0 fully saturated rings. The van der Waals surface area contributed by atoms with Crippen LogP contribution in [0.2, 0.25) is 18.1 Å². The van der Waals surface area contributed by atoms with Crippen molar-refractivity contribution in [3.8, 4) is 0 Å². The third-order valence-corrected chi connectivity index (χ3v) is 8.31. The molecule has 0 aromatic heterocycles. The van der Waals surface area contributed by atoms with Crippen LogP contribution < -0.4 is 0 Å². The van der Waals surface area contributed by atoms with E-state index in [9.17, 15) is 5.11 Å². The van der Waals surface area contributed by atoms with E-state index >= 15 is 0 Å². The normalized spacial score (nSPS) is 13.6. The fraction of sp³-hybridized carbons (Fsp3) is 0.571. The smallest absolute Gasteiger partial charge is 0.193 e. The van der Waals surface area contributed by atoms with Gasteiger partial charge in [-0.25, -0.2) is 0 Å². The Bertz CT molecular complexity index is 301. The predicted molar refractivity (Wildman–Crippen MR) is 74.6 cm³/mol. The molecule has 0 saturated heterocycles. The molecule has 1 aromatic carbocycles. The quantitative estimate of drug-likeness (QED) is 0.749. The zero-order chi connectivity index (χ0) is 12.7. The van der Waals surface area contributed by atoms with Crippen molar-refractivity contribution < 1.29 is 9.53 Å². The van der Waals surface area contributed by atoms with Gasteiger partial charge < -0.3 is 9.53 Å². The van der Waals surface area contributed by atoms with Crippen LogP contribution in [-0.4, -0.2) is 20.0 Å². The van der Waals surface area contributed by atoms with E-state index in [1.807, 2.05) is 30.3 Å². The molecule has 0 amide bonds. The van der Waals surface area contributed by atoms with E-state index in [2.05, 4.69) is 20.8 Å². The molecule has 0 aliphatic carbocycles. The molecule has 1 N–H and O–H groups in total. The number of hydrogen-bond acceptors (Lipinski definition) is 2. The maximum absolute atomic E-state index is 9.53. The largest absolute Gasteiger partial charge is 0.408 e. The Balaban J connectivity index is 2.82. The number of hydrogen-bond donors (Lipinski definition) is 1. The Labute approximate surface area is 106 Å². The fourth-order valence-electron chi connectivity index (χ4n) is 2.18. The minimum atomic E-state index is -1.64. The van der Waals surface area contributed by atoms with Gasteiger partial charge in [-0.05, 0) is 23.7 Å². The minimum absolute atomic E-state index is 0.0682. The van der Waals surface area contributed by atoms with Gasteiger partial charge in [0.15, 0.2) is 8.32 Å². The van der Waals surface area contributed by atoms with Crippen molar-refractivity contribution in [2.75, 3.05) is 6.61 Å². The number of aliphatic hydroxyl groups is 1. The second-order valence-corrected chi connectivity index (χ2v) is 9.17. The standard InChI is InChI=1S/C14H24O2Si/c1-4-17(5-2,6-3)16-14(12-15)13-10-8-7-9-11-13/h7-11,14-15H,4-6,12H2,1-3H3. The lowest BCUT2D eigenvalue weighted by Gasteiger charge is -2.32. The summed E-state index contributed by atoms with van der Waals surface area (Å²) in [6, 6.07) is 13.4. The first-order valence-corrected chi connectivity index (χ1v) is 9.08. The van der Waals surface area contributed by atoms with Crippen molar-refractivity contribution in [3.63, 3.8) is 0 Å². The first-order valence-electron chi connectivity index (χ1n) is 6.55. The van der Waals surface area contributed by atoms with Crippen LogP contribution in [0.15, 0.2) is 30.3 Å². The van der Waals surface area contributed by atoms with Crippen LogP contribution in [0, 0.1) is 0 Å². The van der Waals surface area contributed by atoms with Crippen LogP contribution in [0.4, 0.5) is 0 Å². The van der Waals surface area contributed by atoms with Gasteiger partial charge in [0, 0.05) is 0 Å². The van der Waals surface area contributed by atoms with Crippen molar-refractivity contribution >= 4 is 8.32 Å². The van der Waals surface area contributed by atoms with E-state index in [0.717, 1.165) is 23.7 Å². The van der Waals surface area contributed by atoms with Gasteiger partial charge in [0.25, 0.3) is 0 Å². The lowest BCUT2D eigenvalue weighted by atomic mass is 10.1. The number of benzene rings is 1. The lowest BCUT2D eigenvalue weighted by molar-refractivity contribution is 0.106. The van der Waals surface area contributed by atoms with Crippen LogP contribution >= 0.6 is 0 Å². The second-order valence-electron chi connectivity index (χ2n) is 4.44. The van der Waals surface area contributed by atoms with E-state index in [-0.39, 0.29) is 12.7 Å². The molecule has 1 aromatic rings. The van der Waals surface area contributed by atoms with Crippen molar-refractivity contribution in [2.24, 2.45) is 0 Å². The van der Waals surface area contributed by atoms with Gasteiger partial charge in [-0.15, -0.1) is 0 Å². The maximum Gasteiger partial charge on any atom is 0.193 e. The monoisotopic (exact) mass is 252 g/mol. The number of aliphatic hydroxyl groups excluding tert-OH is 1. The zero-order valence-corrected chi connectivity index (χ0v) is 12.1. The summed E-state index contributed by atoms with van der Waals surface area (Å²) in [6.07, 6.45) is -0.150. The Morgan fingerprint density at radius 3 is 2.00 bits per heavy atom. The van der Waals surface area contributed by atoms with E-state index in [4.69, 9.17) is 4.43 Å². The molecule has 0 bridgehead atoms. The van der Waals surface area contributed by atoms with Crippen molar-refractivity contribution in [3.05, 3.63) is 35.9 Å². The van der Waals surface area contributed by atoms with Crippen molar-refractivity contribution in [2.45, 2.75) is 45.0 Å². The number of rotatable bonds is 7. The summed E-state index contributed by atoms with van der Waals surface area (Å²) in [5.41, 5.74) is 1.09. The van der Waals surface area contributed by atoms with Crippen molar-refractivity contribution in [1.29, 1.82) is 0 Å². The summed E-state index contributed by atoms with van der Waals surface area (Å²) in [4.78, 5) is 0. The highest BCUT2D eigenvalue weighted by atomic mass is 28.4. The highest BCUT2D eigenvalue weighted by molar-refractivity contribution is 6.73. The van der Waals surface area contributed by atoms with Gasteiger partial charge in [0.1, 0.15) is 0 Å². The lowest BCUT2D eigenvalue weighted by Crippen LogP contribution is -2.38. The Hall–Kier alpha value is -0.643. The Kier molecular flexibility index (Phi) is 5.89. The third kappa shape index (κ3) is 3.66. The van der Waals surface area contributed by atoms with Crippen LogP contribution in [0.3, 0.4) is 0 Å². The third-order valence-electron chi connectivity index (χ3n) is 3.66. The van der Waals surface area contributed by atoms with Crippen LogP contribution in [0.25, 0.3) is 0 Å². The molecule has 0 spiro atoms. The molecule has 0 radical (unpaired) electrons. The summed E-state index contributed by atoms with van der Waals surface area (Å²) in [6.45, 7) is 6.69. The second kappa shape index (κ2) is 6.94. The molecule has 96 valence electrons. The maximum atomic E-state index is 9.53. The predicted octanol–water partition coefficient (Wildman–Crippen LogP) is 3.74. The Morgan fingerprint density at radius 1 is 1.06 bits per heavy atom.